The van der Waals surface area contributed by atoms with Crippen molar-refractivity contribution >= 4 is 6.21 Å². The number of benzene rings is 1. The van der Waals surface area contributed by atoms with E-state index in [9.17, 15) is 0 Å². The average molecular weight is 281 g/mol. The van der Waals surface area contributed by atoms with Gasteiger partial charge in [0.05, 0.1) is 0 Å². The van der Waals surface area contributed by atoms with Crippen LogP contribution in [-0.4, -0.2) is 18.8 Å². The highest BCUT2D eigenvalue weighted by molar-refractivity contribution is 5.76. The molecule has 1 aromatic rings. The van der Waals surface area contributed by atoms with Crippen LogP contribution in [0.15, 0.2) is 45.6 Å². The molecule has 1 aromatic carbocycles. The van der Waals surface area contributed by atoms with Crippen LogP contribution in [0.5, 0.6) is 0 Å². The van der Waals surface area contributed by atoms with Crippen molar-refractivity contribution in [2.75, 3.05) is 7.05 Å². The highest BCUT2D eigenvalue weighted by atomic mass is 15.3. The van der Waals surface area contributed by atoms with Gasteiger partial charge in [0.1, 0.15) is 11.1 Å². The molecule has 1 heterocycles. The highest BCUT2D eigenvalue weighted by Crippen LogP contribution is 2.73. The summed E-state index contributed by atoms with van der Waals surface area (Å²) in [5, 5.41) is 9.77. The minimum Gasteiger partial charge on any atom is -0.298 e. The van der Waals surface area contributed by atoms with Gasteiger partial charge in [0.25, 0.3) is 0 Å². The van der Waals surface area contributed by atoms with Gasteiger partial charge < -0.3 is 0 Å². The van der Waals surface area contributed by atoms with E-state index in [4.69, 9.17) is 10.2 Å². The molecule has 0 aromatic heterocycles. The van der Waals surface area contributed by atoms with Crippen molar-refractivity contribution in [2.45, 2.75) is 44.2 Å². The van der Waals surface area contributed by atoms with Crippen LogP contribution in [0.2, 0.25) is 0 Å². The van der Waals surface area contributed by atoms with Crippen LogP contribution in [-0.2, 0) is 5.54 Å². The van der Waals surface area contributed by atoms with Gasteiger partial charge in [-0.3, -0.25) is 4.99 Å². The first-order chi connectivity index (χ1) is 10.1. The van der Waals surface area contributed by atoms with E-state index >= 15 is 0 Å². The van der Waals surface area contributed by atoms with E-state index in [2.05, 4.69) is 55.4 Å². The quantitative estimate of drug-likeness (QED) is 0.727. The summed E-state index contributed by atoms with van der Waals surface area (Å²) in [6.07, 6.45) is 5.91. The molecule has 3 nitrogen and oxygen atoms in total. The summed E-state index contributed by atoms with van der Waals surface area (Å²) in [5.74, 6) is 1.19. The molecule has 3 heteroatoms. The molecule has 21 heavy (non-hydrogen) atoms. The summed E-state index contributed by atoms with van der Waals surface area (Å²) in [4.78, 5) is 4.39. The maximum absolute atomic E-state index is 4.93. The molecule has 1 aliphatic heterocycles. The zero-order chi connectivity index (χ0) is 14.7. The van der Waals surface area contributed by atoms with E-state index in [1.54, 1.807) is 0 Å². The summed E-state index contributed by atoms with van der Waals surface area (Å²) in [5.41, 5.74) is 0.936. The van der Waals surface area contributed by atoms with Crippen molar-refractivity contribution in [3.8, 4) is 0 Å². The standard InChI is InChI=1S/C18H23N3/c1-16(2)17(12-19-3)14-10-7-11-15(14)18(16,21-20-17)13-8-5-4-6-9-13/h4-6,8-9,12,14-15H,7,10-11H2,1-3H3/t14-,15+,17-,18+/m1/s1. The van der Waals surface area contributed by atoms with Crippen LogP contribution in [0.25, 0.3) is 0 Å². The number of fused-ring (bicyclic) bond motifs is 5. The van der Waals surface area contributed by atoms with Crippen LogP contribution in [0, 0.1) is 17.3 Å². The van der Waals surface area contributed by atoms with Gasteiger partial charge in [-0.05, 0) is 30.2 Å². The van der Waals surface area contributed by atoms with Crippen molar-refractivity contribution in [1.82, 2.24) is 0 Å². The third-order valence-corrected chi connectivity index (χ3v) is 6.48. The minimum absolute atomic E-state index is 0.0172. The normalized spacial score (nSPS) is 42.8. The van der Waals surface area contributed by atoms with Gasteiger partial charge in [-0.15, -0.1) is 0 Å². The van der Waals surface area contributed by atoms with Gasteiger partial charge in [0.2, 0.25) is 0 Å². The van der Waals surface area contributed by atoms with Gasteiger partial charge in [-0.1, -0.05) is 50.6 Å². The Kier molecular flexibility index (Phi) is 2.52. The molecule has 3 aliphatic rings. The lowest BCUT2D eigenvalue weighted by molar-refractivity contribution is 0.171. The number of rotatable bonds is 2. The molecular weight excluding hydrogens is 258 g/mol. The Morgan fingerprint density at radius 2 is 1.81 bits per heavy atom. The van der Waals surface area contributed by atoms with E-state index in [0.717, 1.165) is 0 Å². The van der Waals surface area contributed by atoms with Crippen LogP contribution in [0.3, 0.4) is 0 Å². The largest absolute Gasteiger partial charge is 0.298 e. The van der Waals surface area contributed by atoms with Gasteiger partial charge in [0.15, 0.2) is 0 Å². The molecule has 0 unspecified atom stereocenters. The number of hydrogen-bond acceptors (Lipinski definition) is 3. The number of azo groups is 1. The lowest BCUT2D eigenvalue weighted by atomic mass is 9.63. The highest BCUT2D eigenvalue weighted by Gasteiger charge is 2.77. The molecule has 2 saturated carbocycles. The molecule has 2 bridgehead atoms. The summed E-state index contributed by atoms with van der Waals surface area (Å²) >= 11 is 0. The van der Waals surface area contributed by atoms with Crippen LogP contribution in [0.4, 0.5) is 0 Å². The Hall–Kier alpha value is -1.51. The smallest absolute Gasteiger partial charge is 0.127 e. The topological polar surface area (TPSA) is 37.1 Å². The zero-order valence-corrected chi connectivity index (χ0v) is 13.1. The summed E-state index contributed by atoms with van der Waals surface area (Å²) < 4.78 is 0. The molecule has 0 radical (unpaired) electrons. The molecule has 4 rings (SSSR count). The van der Waals surface area contributed by atoms with Crippen molar-refractivity contribution < 1.29 is 0 Å². The second-order valence-electron chi connectivity index (χ2n) is 7.31. The fourth-order valence-electron chi connectivity index (χ4n) is 5.58. The van der Waals surface area contributed by atoms with E-state index in [-0.39, 0.29) is 16.5 Å². The SMILES string of the molecule is CN=C[C@@]12N=N[C@@](c3ccccc3)([C@H]3CCC[C@H]31)C2(C)C. The summed E-state index contributed by atoms with van der Waals surface area (Å²) in [7, 11) is 1.87. The first kappa shape index (κ1) is 13.2. The molecule has 0 saturated heterocycles. The fourth-order valence-corrected chi connectivity index (χ4v) is 5.58. The molecule has 0 amide bonds. The first-order valence-electron chi connectivity index (χ1n) is 8.03. The Morgan fingerprint density at radius 1 is 1.10 bits per heavy atom. The predicted octanol–water partition coefficient (Wildman–Crippen LogP) is 4.24. The lowest BCUT2D eigenvalue weighted by Gasteiger charge is -2.40. The molecule has 110 valence electrons. The summed E-state index contributed by atoms with van der Waals surface area (Å²) in [6.45, 7) is 4.69. The number of hydrogen-bond donors (Lipinski definition) is 0. The monoisotopic (exact) mass is 281 g/mol. The van der Waals surface area contributed by atoms with Gasteiger partial charge in [-0.25, -0.2) is 0 Å². The number of nitrogens with zero attached hydrogens (tertiary/aromatic N) is 3. The molecule has 2 fully saturated rings. The molecule has 2 aliphatic carbocycles. The number of aliphatic imine (C=N–C) groups is 1. The third kappa shape index (κ3) is 1.25. The Labute approximate surface area is 126 Å². The fraction of sp³-hybridized carbons (Fsp3) is 0.611. The Balaban J connectivity index is 1.98. The van der Waals surface area contributed by atoms with E-state index in [1.807, 2.05) is 7.05 Å². The van der Waals surface area contributed by atoms with Crippen LogP contribution in [0.1, 0.15) is 38.7 Å². The van der Waals surface area contributed by atoms with Crippen LogP contribution >= 0.6 is 0 Å². The maximum Gasteiger partial charge on any atom is 0.127 e. The maximum atomic E-state index is 4.93. The molecule has 0 N–H and O–H groups in total. The lowest BCUT2D eigenvalue weighted by Crippen LogP contribution is -2.47. The second-order valence-corrected chi connectivity index (χ2v) is 7.31. The minimum atomic E-state index is -0.210. The van der Waals surface area contributed by atoms with E-state index in [1.165, 1.54) is 24.8 Å². The van der Waals surface area contributed by atoms with Gasteiger partial charge >= 0.3 is 0 Å². The van der Waals surface area contributed by atoms with Crippen molar-refractivity contribution in [3.63, 3.8) is 0 Å². The average Bonchev–Trinajstić information content (AvgIpc) is 3.09. The Bertz CT molecular complexity index is 619. The van der Waals surface area contributed by atoms with Crippen molar-refractivity contribution in [2.24, 2.45) is 32.5 Å². The third-order valence-electron chi connectivity index (χ3n) is 6.48. The van der Waals surface area contributed by atoms with Crippen LogP contribution < -0.4 is 0 Å². The second kappa shape index (κ2) is 4.02. The predicted molar refractivity (Wildman–Crippen MR) is 84.7 cm³/mol. The molecular formula is C18H23N3. The van der Waals surface area contributed by atoms with E-state index in [0.29, 0.717) is 11.8 Å². The van der Waals surface area contributed by atoms with E-state index < -0.39 is 0 Å². The first-order valence-corrected chi connectivity index (χ1v) is 8.03. The molecule has 0 spiro atoms. The summed E-state index contributed by atoms with van der Waals surface area (Å²) in [6, 6.07) is 10.8. The van der Waals surface area contributed by atoms with Gasteiger partial charge in [0, 0.05) is 18.7 Å². The van der Waals surface area contributed by atoms with Crippen molar-refractivity contribution in [1.29, 1.82) is 0 Å². The zero-order valence-electron chi connectivity index (χ0n) is 13.1. The Morgan fingerprint density at radius 3 is 2.52 bits per heavy atom. The van der Waals surface area contributed by atoms with Gasteiger partial charge in [-0.2, -0.15) is 10.2 Å². The van der Waals surface area contributed by atoms with Crippen molar-refractivity contribution in [3.05, 3.63) is 35.9 Å². The molecule has 4 atom stereocenters.